The van der Waals surface area contributed by atoms with Crippen molar-refractivity contribution in [1.82, 2.24) is 14.6 Å². The second-order valence-electron chi connectivity index (χ2n) is 8.00. The largest absolute Gasteiger partial charge is 0.497 e. The van der Waals surface area contributed by atoms with E-state index in [9.17, 15) is 14.0 Å². The van der Waals surface area contributed by atoms with Gasteiger partial charge in [-0.15, -0.1) is 5.10 Å². The molecule has 0 saturated heterocycles. The second kappa shape index (κ2) is 8.14. The van der Waals surface area contributed by atoms with Gasteiger partial charge in [-0.1, -0.05) is 41.7 Å². The molecule has 0 aliphatic carbocycles. The average molecular weight is 485 g/mol. The molecule has 0 saturated carbocycles. The number of ether oxygens (including phenoxy) is 1. The Labute approximate surface area is 202 Å². The number of carbonyl (C=O) groups excluding carboxylic acids is 1. The molecule has 0 spiro atoms. The van der Waals surface area contributed by atoms with E-state index < -0.39 is 0 Å². The Morgan fingerprint density at radius 2 is 1.71 bits per heavy atom. The highest BCUT2D eigenvalue weighted by Gasteiger charge is 2.34. The molecule has 0 bridgehead atoms. The van der Waals surface area contributed by atoms with E-state index in [0.717, 1.165) is 22.5 Å². The van der Waals surface area contributed by atoms with Gasteiger partial charge in [-0.25, -0.2) is 4.39 Å². The maximum Gasteiger partial charge on any atom is 0.291 e. The van der Waals surface area contributed by atoms with Crippen molar-refractivity contribution < 1.29 is 13.9 Å². The third-order valence-electron chi connectivity index (χ3n) is 5.91. The lowest BCUT2D eigenvalue weighted by Gasteiger charge is -2.17. The minimum atomic E-state index is -0.390. The quantitative estimate of drug-likeness (QED) is 0.391. The van der Waals surface area contributed by atoms with Crippen molar-refractivity contribution >= 4 is 33.5 Å². The van der Waals surface area contributed by atoms with E-state index >= 15 is 0 Å². The van der Waals surface area contributed by atoms with E-state index in [1.807, 2.05) is 36.4 Å². The van der Waals surface area contributed by atoms with Crippen LogP contribution in [0.25, 0.3) is 21.9 Å². The van der Waals surface area contributed by atoms with Crippen LogP contribution in [0.4, 0.5) is 10.1 Å². The van der Waals surface area contributed by atoms with Gasteiger partial charge in [0.2, 0.25) is 4.96 Å². The van der Waals surface area contributed by atoms with Crippen molar-refractivity contribution in [2.45, 2.75) is 6.54 Å². The molecule has 1 aliphatic heterocycles. The van der Waals surface area contributed by atoms with E-state index in [4.69, 9.17) is 4.74 Å². The summed E-state index contributed by atoms with van der Waals surface area (Å²) >= 11 is 1.14. The third kappa shape index (κ3) is 3.48. The number of thiazole rings is 1. The molecule has 0 fully saturated rings. The van der Waals surface area contributed by atoms with Crippen LogP contribution in [0.1, 0.15) is 11.1 Å². The third-order valence-corrected chi connectivity index (χ3v) is 6.94. The maximum atomic E-state index is 13.6. The van der Waals surface area contributed by atoms with E-state index in [2.05, 4.69) is 10.1 Å². The van der Waals surface area contributed by atoms with Gasteiger partial charge in [0.05, 0.1) is 24.9 Å². The maximum absolute atomic E-state index is 13.6. The Morgan fingerprint density at radius 3 is 2.43 bits per heavy atom. The summed E-state index contributed by atoms with van der Waals surface area (Å²) in [5, 5.41) is 4.39. The molecule has 0 atom stereocenters. The molecule has 6 rings (SSSR count). The fraction of sp³-hybridized carbons (Fsp3) is 0.0769. The molecule has 7 nitrogen and oxygen atoms in total. The van der Waals surface area contributed by atoms with Crippen molar-refractivity contribution in [3.05, 3.63) is 105 Å². The number of hydrogen-bond donors (Lipinski definition) is 0. The summed E-state index contributed by atoms with van der Waals surface area (Å²) in [5.74, 6) is 0.506. The van der Waals surface area contributed by atoms with E-state index in [0.29, 0.717) is 37.9 Å². The summed E-state index contributed by atoms with van der Waals surface area (Å²) in [6.45, 7) is 0.260. The standard InChI is InChI=1S/C26H17FN4O3S/c1-34-18-12-8-16(9-13-18)23-28-26-31(29-23)25(33)22(35-26)21-19-4-2-3-5-20(19)30(24(21)32)14-15-6-10-17(27)11-7-15/h2-13H,14H2,1H3. The van der Waals surface area contributed by atoms with E-state index in [-0.39, 0.29) is 23.8 Å². The number of methoxy groups -OCH3 is 1. The van der Waals surface area contributed by atoms with Crippen LogP contribution in [-0.4, -0.2) is 27.6 Å². The lowest BCUT2D eigenvalue weighted by atomic mass is 10.1. The first-order valence-corrected chi connectivity index (χ1v) is 11.6. The molecule has 172 valence electrons. The summed E-state index contributed by atoms with van der Waals surface area (Å²) < 4.78 is 20.1. The van der Waals surface area contributed by atoms with Gasteiger partial charge < -0.3 is 9.64 Å². The predicted molar refractivity (Wildman–Crippen MR) is 131 cm³/mol. The van der Waals surface area contributed by atoms with Gasteiger partial charge in [0.15, 0.2) is 5.82 Å². The first kappa shape index (κ1) is 21.2. The van der Waals surface area contributed by atoms with Gasteiger partial charge in [0.25, 0.3) is 11.5 Å². The number of fused-ring (bicyclic) bond motifs is 2. The number of hydrogen-bond acceptors (Lipinski definition) is 6. The molecular formula is C26H17FN4O3S. The van der Waals surface area contributed by atoms with Crippen LogP contribution in [0.2, 0.25) is 0 Å². The van der Waals surface area contributed by atoms with Gasteiger partial charge in [0, 0.05) is 11.1 Å². The summed E-state index contributed by atoms with van der Waals surface area (Å²) in [4.78, 5) is 33.4. The Balaban J connectivity index is 1.46. The summed E-state index contributed by atoms with van der Waals surface area (Å²) in [6, 6.07) is 20.6. The number of aromatic nitrogens is 3. The SMILES string of the molecule is COc1ccc(-c2nc3sc(=C4C(=O)N(Cc5ccc(F)cc5)c5ccccc54)c(=O)n3n2)cc1. The topological polar surface area (TPSA) is 76.8 Å². The average Bonchev–Trinajstić information content (AvgIpc) is 3.51. The van der Waals surface area contributed by atoms with Crippen LogP contribution in [0.5, 0.6) is 5.75 Å². The van der Waals surface area contributed by atoms with E-state index in [1.54, 1.807) is 36.3 Å². The molecule has 3 heterocycles. The molecule has 9 heteroatoms. The predicted octanol–water partition coefficient (Wildman–Crippen LogP) is 3.43. The smallest absolute Gasteiger partial charge is 0.291 e. The van der Waals surface area contributed by atoms with Crippen LogP contribution >= 0.6 is 11.3 Å². The van der Waals surface area contributed by atoms with Gasteiger partial charge in [-0.2, -0.15) is 9.50 Å². The minimum Gasteiger partial charge on any atom is -0.497 e. The van der Waals surface area contributed by atoms with Crippen molar-refractivity contribution in [2.24, 2.45) is 0 Å². The zero-order chi connectivity index (χ0) is 24.1. The van der Waals surface area contributed by atoms with Crippen molar-refractivity contribution in [3.8, 4) is 17.1 Å². The van der Waals surface area contributed by atoms with Crippen LogP contribution in [0, 0.1) is 5.82 Å². The second-order valence-corrected chi connectivity index (χ2v) is 8.98. The molecule has 0 radical (unpaired) electrons. The molecule has 0 N–H and O–H groups in total. The van der Waals surface area contributed by atoms with Crippen LogP contribution in [0.15, 0.2) is 77.6 Å². The van der Waals surface area contributed by atoms with Gasteiger partial charge in [-0.05, 0) is 48.0 Å². The lowest BCUT2D eigenvalue weighted by molar-refractivity contribution is -0.113. The van der Waals surface area contributed by atoms with Crippen LogP contribution in [0.3, 0.4) is 0 Å². The molecule has 1 aliphatic rings. The zero-order valence-electron chi connectivity index (χ0n) is 18.4. The number of benzene rings is 3. The van der Waals surface area contributed by atoms with Gasteiger partial charge in [0.1, 0.15) is 16.1 Å². The first-order chi connectivity index (χ1) is 17.0. The van der Waals surface area contributed by atoms with E-state index in [1.165, 1.54) is 16.6 Å². The number of rotatable bonds is 4. The number of amides is 1. The molecular weight excluding hydrogens is 467 g/mol. The van der Waals surface area contributed by atoms with Crippen molar-refractivity contribution in [2.75, 3.05) is 12.0 Å². The molecule has 35 heavy (non-hydrogen) atoms. The minimum absolute atomic E-state index is 0.260. The number of carbonyl (C=O) groups is 1. The highest BCUT2D eigenvalue weighted by Crippen LogP contribution is 2.36. The van der Waals surface area contributed by atoms with Gasteiger partial charge >= 0.3 is 0 Å². The summed E-state index contributed by atoms with van der Waals surface area (Å²) in [7, 11) is 1.59. The monoisotopic (exact) mass is 484 g/mol. The molecule has 3 aromatic carbocycles. The van der Waals surface area contributed by atoms with Gasteiger partial charge in [-0.3, -0.25) is 9.59 Å². The fourth-order valence-electron chi connectivity index (χ4n) is 4.18. The molecule has 5 aromatic rings. The highest BCUT2D eigenvalue weighted by atomic mass is 32.1. The Kier molecular flexibility index (Phi) is 4.93. The number of nitrogens with zero attached hydrogens (tertiary/aromatic N) is 4. The van der Waals surface area contributed by atoms with Crippen LogP contribution < -0.4 is 19.7 Å². The number of para-hydroxylation sites is 1. The molecule has 2 aromatic heterocycles. The molecule has 0 unspecified atom stereocenters. The Bertz CT molecular complexity index is 1710. The highest BCUT2D eigenvalue weighted by molar-refractivity contribution is 7.15. The van der Waals surface area contributed by atoms with Crippen molar-refractivity contribution in [3.63, 3.8) is 0 Å². The zero-order valence-corrected chi connectivity index (χ0v) is 19.3. The number of halogens is 1. The Hall–Kier alpha value is -4.37. The first-order valence-electron chi connectivity index (χ1n) is 10.8. The summed E-state index contributed by atoms with van der Waals surface area (Å²) in [5.41, 5.74) is 2.86. The normalized spacial score (nSPS) is 14.6. The Morgan fingerprint density at radius 1 is 0.971 bits per heavy atom. The van der Waals surface area contributed by atoms with Crippen molar-refractivity contribution in [1.29, 1.82) is 0 Å². The van der Waals surface area contributed by atoms with Crippen LogP contribution in [-0.2, 0) is 11.3 Å². The fourth-order valence-corrected chi connectivity index (χ4v) is 5.17. The number of anilines is 1. The molecule has 1 amide bonds. The lowest BCUT2D eigenvalue weighted by Crippen LogP contribution is -2.32. The summed E-state index contributed by atoms with van der Waals surface area (Å²) in [6.07, 6.45) is 0.